The molecule has 0 N–H and O–H groups in total. The highest BCUT2D eigenvalue weighted by Crippen LogP contribution is 2.52. The van der Waals surface area contributed by atoms with E-state index in [9.17, 15) is 4.39 Å². The second-order valence-electron chi connectivity index (χ2n) is 7.79. The van der Waals surface area contributed by atoms with Gasteiger partial charge in [-0.2, -0.15) is 5.06 Å². The van der Waals surface area contributed by atoms with E-state index in [1.54, 1.807) is 12.1 Å². The predicted molar refractivity (Wildman–Crippen MR) is 82.4 cm³/mol. The van der Waals surface area contributed by atoms with Crippen LogP contribution in [0.15, 0.2) is 24.3 Å². The lowest BCUT2D eigenvalue weighted by Gasteiger charge is -2.46. The third kappa shape index (κ3) is 2.40. The van der Waals surface area contributed by atoms with Gasteiger partial charge >= 0.3 is 0 Å². The third-order valence-electron chi connectivity index (χ3n) is 5.67. The summed E-state index contributed by atoms with van der Waals surface area (Å²) in [6, 6.07) is 7.55. The average Bonchev–Trinajstić information content (AvgIpc) is 2.59. The van der Waals surface area contributed by atoms with Crippen molar-refractivity contribution in [1.29, 1.82) is 0 Å². The minimum atomic E-state index is -0.159. The smallest absolute Gasteiger partial charge is 0.123 e. The van der Waals surface area contributed by atoms with Crippen LogP contribution in [0.2, 0.25) is 0 Å². The van der Waals surface area contributed by atoms with Gasteiger partial charge in [-0.1, -0.05) is 26.0 Å². The maximum atomic E-state index is 13.2. The molecule has 21 heavy (non-hydrogen) atoms. The first-order valence-electron chi connectivity index (χ1n) is 7.91. The highest BCUT2D eigenvalue weighted by atomic mass is 19.1. The summed E-state index contributed by atoms with van der Waals surface area (Å²) in [5.74, 6) is 0.903. The summed E-state index contributed by atoms with van der Waals surface area (Å²) in [4.78, 5) is 6.09. The van der Waals surface area contributed by atoms with Gasteiger partial charge in [0, 0.05) is 19.0 Å². The number of halogens is 1. The van der Waals surface area contributed by atoms with E-state index in [4.69, 9.17) is 4.84 Å². The van der Waals surface area contributed by atoms with Crippen LogP contribution in [0, 0.1) is 17.7 Å². The zero-order valence-corrected chi connectivity index (χ0v) is 13.7. The molecule has 3 rings (SSSR count). The van der Waals surface area contributed by atoms with E-state index in [1.165, 1.54) is 5.56 Å². The molecule has 0 aromatic heterocycles. The maximum absolute atomic E-state index is 13.2. The van der Waals surface area contributed by atoms with E-state index in [1.807, 2.05) is 12.1 Å². The number of fused-ring (bicyclic) bond motifs is 1. The Balaban J connectivity index is 1.94. The monoisotopic (exact) mass is 291 g/mol. The Hall–Kier alpha value is -0.930. The summed E-state index contributed by atoms with van der Waals surface area (Å²) < 4.78 is 13.2. The van der Waals surface area contributed by atoms with Crippen molar-refractivity contribution < 1.29 is 9.23 Å². The van der Waals surface area contributed by atoms with Crippen molar-refractivity contribution in [2.24, 2.45) is 11.8 Å². The second kappa shape index (κ2) is 4.79. The molecule has 4 atom stereocenters. The van der Waals surface area contributed by atoms with Crippen LogP contribution >= 0.6 is 0 Å². The van der Waals surface area contributed by atoms with E-state index in [2.05, 4.69) is 39.8 Å². The van der Waals surface area contributed by atoms with Crippen LogP contribution in [0.25, 0.3) is 0 Å². The molecule has 3 heteroatoms. The molecular weight excluding hydrogens is 265 g/mol. The zero-order chi connectivity index (χ0) is 15.4. The lowest BCUT2D eigenvalue weighted by molar-refractivity contribution is -0.182. The standard InChI is InChI=1S/C18H26FNO/c1-12-10-18(4,13-6-8-14(19)9-7-13)11-15-16(12)20(5)21-17(15,2)3/h6-9,12,15-16H,10-11H2,1-5H3/t12-,15+,16+,18+/m0/s1. The predicted octanol–water partition coefficient (Wildman–Crippen LogP) is 4.15. The molecule has 1 saturated carbocycles. The van der Waals surface area contributed by atoms with Crippen LogP contribution in [0.3, 0.4) is 0 Å². The summed E-state index contributed by atoms with van der Waals surface area (Å²) in [6.45, 7) is 9.02. The first-order valence-corrected chi connectivity index (χ1v) is 7.91. The fourth-order valence-corrected chi connectivity index (χ4v) is 4.77. The van der Waals surface area contributed by atoms with Crippen LogP contribution in [0.4, 0.5) is 4.39 Å². The molecule has 0 unspecified atom stereocenters. The molecule has 2 fully saturated rings. The molecule has 2 nitrogen and oxygen atoms in total. The normalized spacial score (nSPS) is 39.2. The van der Waals surface area contributed by atoms with Gasteiger partial charge in [-0.3, -0.25) is 4.84 Å². The number of hydrogen-bond acceptors (Lipinski definition) is 2. The average molecular weight is 291 g/mol. The molecule has 1 saturated heterocycles. The number of hydroxylamine groups is 2. The summed E-state index contributed by atoms with van der Waals surface area (Å²) in [5, 5.41) is 2.07. The second-order valence-corrected chi connectivity index (χ2v) is 7.79. The minimum Gasteiger partial charge on any atom is -0.293 e. The van der Waals surface area contributed by atoms with Gasteiger partial charge in [-0.05, 0) is 55.7 Å². The van der Waals surface area contributed by atoms with E-state index in [0.717, 1.165) is 12.8 Å². The molecule has 0 radical (unpaired) electrons. The fourth-order valence-electron chi connectivity index (χ4n) is 4.77. The lowest BCUT2D eigenvalue weighted by atomic mass is 9.59. The molecule has 1 heterocycles. The van der Waals surface area contributed by atoms with E-state index in [-0.39, 0.29) is 16.8 Å². The number of rotatable bonds is 1. The molecular formula is C18H26FNO. The van der Waals surface area contributed by atoms with Gasteiger partial charge in [0.2, 0.25) is 0 Å². The Morgan fingerprint density at radius 2 is 1.76 bits per heavy atom. The maximum Gasteiger partial charge on any atom is 0.123 e. The summed E-state index contributed by atoms with van der Waals surface area (Å²) in [5.41, 5.74) is 1.22. The Bertz CT molecular complexity index is 527. The Labute approximate surface area is 127 Å². The molecule has 0 bridgehead atoms. The van der Waals surface area contributed by atoms with Crippen molar-refractivity contribution in [3.8, 4) is 0 Å². The molecule has 1 aromatic carbocycles. The first kappa shape index (κ1) is 15.0. The van der Waals surface area contributed by atoms with Gasteiger partial charge in [0.25, 0.3) is 0 Å². The Kier molecular flexibility index (Phi) is 3.42. The van der Waals surface area contributed by atoms with E-state index >= 15 is 0 Å². The van der Waals surface area contributed by atoms with Crippen molar-refractivity contribution >= 4 is 0 Å². The van der Waals surface area contributed by atoms with Gasteiger partial charge in [0.15, 0.2) is 0 Å². The molecule has 2 aliphatic rings. The van der Waals surface area contributed by atoms with E-state index < -0.39 is 0 Å². The van der Waals surface area contributed by atoms with Gasteiger partial charge in [-0.25, -0.2) is 4.39 Å². The van der Waals surface area contributed by atoms with Gasteiger partial charge < -0.3 is 0 Å². The molecule has 1 aliphatic carbocycles. The Morgan fingerprint density at radius 3 is 2.38 bits per heavy atom. The number of nitrogens with zero attached hydrogens (tertiary/aromatic N) is 1. The minimum absolute atomic E-state index is 0.0973. The van der Waals surface area contributed by atoms with Crippen LogP contribution in [0.5, 0.6) is 0 Å². The van der Waals surface area contributed by atoms with Crippen LogP contribution in [-0.2, 0) is 10.3 Å². The molecule has 1 aliphatic heterocycles. The van der Waals surface area contributed by atoms with Crippen molar-refractivity contribution in [2.45, 2.75) is 57.6 Å². The fraction of sp³-hybridized carbons (Fsp3) is 0.667. The highest BCUT2D eigenvalue weighted by Gasteiger charge is 2.55. The molecule has 0 spiro atoms. The number of hydrogen-bond donors (Lipinski definition) is 0. The highest BCUT2D eigenvalue weighted by molar-refractivity contribution is 5.27. The van der Waals surface area contributed by atoms with Crippen LogP contribution in [-0.4, -0.2) is 23.8 Å². The van der Waals surface area contributed by atoms with Gasteiger partial charge in [-0.15, -0.1) is 0 Å². The Morgan fingerprint density at radius 1 is 1.14 bits per heavy atom. The van der Waals surface area contributed by atoms with Gasteiger partial charge in [0.05, 0.1) is 5.60 Å². The summed E-state index contributed by atoms with van der Waals surface area (Å²) in [6.07, 6.45) is 2.20. The van der Waals surface area contributed by atoms with Crippen molar-refractivity contribution in [1.82, 2.24) is 5.06 Å². The zero-order valence-electron chi connectivity index (χ0n) is 13.7. The molecule has 116 valence electrons. The van der Waals surface area contributed by atoms with Crippen molar-refractivity contribution in [2.75, 3.05) is 7.05 Å². The van der Waals surface area contributed by atoms with E-state index in [0.29, 0.717) is 17.9 Å². The lowest BCUT2D eigenvalue weighted by Crippen LogP contribution is -2.48. The first-order chi connectivity index (χ1) is 9.73. The molecule has 1 aromatic rings. The number of benzene rings is 1. The van der Waals surface area contributed by atoms with Crippen molar-refractivity contribution in [3.63, 3.8) is 0 Å². The molecule has 0 amide bonds. The van der Waals surface area contributed by atoms with Crippen molar-refractivity contribution in [3.05, 3.63) is 35.6 Å². The van der Waals surface area contributed by atoms with Crippen LogP contribution < -0.4 is 0 Å². The quantitative estimate of drug-likeness (QED) is 0.770. The van der Waals surface area contributed by atoms with Crippen LogP contribution in [0.1, 0.15) is 46.1 Å². The van der Waals surface area contributed by atoms with Gasteiger partial charge in [0.1, 0.15) is 5.82 Å². The summed E-state index contributed by atoms with van der Waals surface area (Å²) >= 11 is 0. The summed E-state index contributed by atoms with van der Waals surface area (Å²) in [7, 11) is 2.06. The largest absolute Gasteiger partial charge is 0.293 e. The SMILES string of the molecule is C[C@H]1C[C@@](C)(c2ccc(F)cc2)C[C@@H]2[C@@H]1N(C)OC2(C)C. The third-order valence-corrected chi connectivity index (χ3v) is 5.67. The topological polar surface area (TPSA) is 12.5 Å².